The molecule has 0 bridgehead atoms. The Bertz CT molecular complexity index is 497. The molecule has 0 heterocycles. The van der Waals surface area contributed by atoms with Crippen molar-refractivity contribution < 1.29 is 15.0 Å². The second-order valence-electron chi connectivity index (χ2n) is 8.31. The Morgan fingerprint density at radius 1 is 1.23 bits per heavy atom. The summed E-state index contributed by atoms with van der Waals surface area (Å²) in [4.78, 5) is 11.8. The van der Waals surface area contributed by atoms with Crippen LogP contribution < -0.4 is 0 Å². The molecule has 0 radical (unpaired) electrons. The molecule has 6 atom stereocenters. The Balaban J connectivity index is 1.85. The molecule has 0 aliphatic heterocycles. The van der Waals surface area contributed by atoms with Gasteiger partial charge in [-0.2, -0.15) is 0 Å². The molecule has 3 nitrogen and oxygen atoms in total. The monoisotopic (exact) mass is 306 g/mol. The van der Waals surface area contributed by atoms with E-state index in [2.05, 4.69) is 20.8 Å². The summed E-state index contributed by atoms with van der Waals surface area (Å²) in [5, 5.41) is 20.7. The van der Waals surface area contributed by atoms with Gasteiger partial charge >= 0.3 is 0 Å². The van der Waals surface area contributed by atoms with Crippen LogP contribution >= 0.6 is 0 Å². The lowest BCUT2D eigenvalue weighted by atomic mass is 9.55. The molecular formula is C19H30O3. The maximum Gasteiger partial charge on any atom is 0.155 e. The molecule has 0 saturated heterocycles. The van der Waals surface area contributed by atoms with Crippen LogP contribution in [0.2, 0.25) is 0 Å². The molecule has 124 valence electrons. The highest BCUT2D eigenvalue weighted by atomic mass is 16.3. The minimum atomic E-state index is -0.370. The molecule has 3 aliphatic rings. The van der Waals surface area contributed by atoms with E-state index in [1.54, 1.807) is 0 Å². The lowest BCUT2D eigenvalue weighted by molar-refractivity contribution is -0.116. The number of hydrogen-bond acceptors (Lipinski definition) is 3. The topological polar surface area (TPSA) is 57.5 Å². The quantitative estimate of drug-likeness (QED) is 0.823. The Morgan fingerprint density at radius 2 is 1.95 bits per heavy atom. The van der Waals surface area contributed by atoms with Crippen LogP contribution in [0.4, 0.5) is 0 Å². The van der Waals surface area contributed by atoms with Gasteiger partial charge in [0.1, 0.15) is 0 Å². The van der Waals surface area contributed by atoms with Crippen molar-refractivity contribution in [3.8, 4) is 0 Å². The van der Waals surface area contributed by atoms with Gasteiger partial charge in [0.2, 0.25) is 0 Å². The van der Waals surface area contributed by atoms with Gasteiger partial charge in [0.05, 0.1) is 12.2 Å². The number of ketones is 1. The second kappa shape index (κ2) is 5.45. The number of carbonyl (C=O) groups excluding carboxylic acids is 1. The SMILES string of the molecule is CCC1=CC(=O)CCC1(C)C1CCC2(C)C(O)CC(O)C2C1. The van der Waals surface area contributed by atoms with Crippen molar-refractivity contribution in [2.75, 3.05) is 0 Å². The molecule has 22 heavy (non-hydrogen) atoms. The predicted molar refractivity (Wildman–Crippen MR) is 86.3 cm³/mol. The van der Waals surface area contributed by atoms with E-state index in [0.29, 0.717) is 18.8 Å². The number of allylic oxidation sites excluding steroid dienone is 2. The molecule has 0 aromatic rings. The molecule has 2 fully saturated rings. The van der Waals surface area contributed by atoms with E-state index in [-0.39, 0.29) is 34.7 Å². The summed E-state index contributed by atoms with van der Waals surface area (Å²) < 4.78 is 0. The summed E-state index contributed by atoms with van der Waals surface area (Å²) in [7, 11) is 0. The highest BCUT2D eigenvalue weighted by Gasteiger charge is 2.56. The molecule has 2 N–H and O–H groups in total. The van der Waals surface area contributed by atoms with Gasteiger partial charge in [-0.3, -0.25) is 4.79 Å². The zero-order valence-corrected chi connectivity index (χ0v) is 14.1. The second-order valence-corrected chi connectivity index (χ2v) is 8.31. The summed E-state index contributed by atoms with van der Waals surface area (Å²) in [5.74, 6) is 0.991. The molecular weight excluding hydrogens is 276 g/mol. The Hall–Kier alpha value is -0.670. The number of fused-ring (bicyclic) bond motifs is 1. The first-order valence-corrected chi connectivity index (χ1v) is 8.91. The Kier molecular flexibility index (Phi) is 4.01. The number of hydrogen-bond donors (Lipinski definition) is 2. The van der Waals surface area contributed by atoms with Crippen molar-refractivity contribution >= 4 is 5.78 Å². The number of aliphatic hydroxyl groups is 2. The third-order valence-electron chi connectivity index (χ3n) is 7.35. The third-order valence-corrected chi connectivity index (χ3v) is 7.35. The van der Waals surface area contributed by atoms with Gasteiger partial charge in [0.15, 0.2) is 5.78 Å². The van der Waals surface area contributed by atoms with Crippen molar-refractivity contribution in [1.29, 1.82) is 0 Å². The minimum absolute atomic E-state index is 0.0945. The van der Waals surface area contributed by atoms with Crippen molar-refractivity contribution in [2.24, 2.45) is 22.7 Å². The molecule has 0 aromatic heterocycles. The van der Waals surface area contributed by atoms with Crippen molar-refractivity contribution in [3.05, 3.63) is 11.6 Å². The standard InChI is InChI=1S/C19H30O3/c1-4-12-9-14(20)6-8-18(12,2)13-5-7-19(3)15(10-13)16(21)11-17(19)22/h9,13,15-17,21-22H,4-8,10-11H2,1-3H3. The van der Waals surface area contributed by atoms with E-state index in [1.165, 1.54) is 5.57 Å². The molecule has 6 unspecified atom stereocenters. The summed E-state index contributed by atoms with van der Waals surface area (Å²) in [5.41, 5.74) is 1.27. The largest absolute Gasteiger partial charge is 0.393 e. The van der Waals surface area contributed by atoms with Crippen LogP contribution in [0.1, 0.15) is 65.7 Å². The van der Waals surface area contributed by atoms with Crippen LogP contribution in [-0.4, -0.2) is 28.2 Å². The lowest BCUT2D eigenvalue weighted by Crippen LogP contribution is -2.44. The minimum Gasteiger partial charge on any atom is -0.393 e. The first-order chi connectivity index (χ1) is 10.3. The molecule has 3 aliphatic carbocycles. The predicted octanol–water partition coefficient (Wildman–Crippen LogP) is 3.24. The van der Waals surface area contributed by atoms with E-state index in [1.807, 2.05) is 6.08 Å². The summed E-state index contributed by atoms with van der Waals surface area (Å²) in [6.45, 7) is 6.61. The highest BCUT2D eigenvalue weighted by Crippen LogP contribution is 2.59. The van der Waals surface area contributed by atoms with E-state index < -0.39 is 0 Å². The van der Waals surface area contributed by atoms with Gasteiger partial charge in [-0.25, -0.2) is 0 Å². The fourth-order valence-corrected chi connectivity index (χ4v) is 5.56. The van der Waals surface area contributed by atoms with Crippen LogP contribution in [0.15, 0.2) is 11.6 Å². The van der Waals surface area contributed by atoms with Gasteiger partial charge < -0.3 is 10.2 Å². The van der Waals surface area contributed by atoms with E-state index >= 15 is 0 Å². The van der Waals surface area contributed by atoms with Crippen LogP contribution in [0.3, 0.4) is 0 Å². The summed E-state index contributed by atoms with van der Waals surface area (Å²) in [6, 6.07) is 0. The average Bonchev–Trinajstić information content (AvgIpc) is 2.71. The van der Waals surface area contributed by atoms with E-state index in [9.17, 15) is 15.0 Å². The average molecular weight is 306 g/mol. The number of aliphatic hydroxyl groups excluding tert-OH is 2. The fourth-order valence-electron chi connectivity index (χ4n) is 5.56. The van der Waals surface area contributed by atoms with Gasteiger partial charge in [-0.1, -0.05) is 26.3 Å². The number of carbonyl (C=O) groups is 1. The maximum absolute atomic E-state index is 11.8. The summed E-state index contributed by atoms with van der Waals surface area (Å²) in [6.07, 6.45) is 7.28. The van der Waals surface area contributed by atoms with E-state index in [0.717, 1.165) is 32.1 Å². The maximum atomic E-state index is 11.8. The molecule has 0 amide bonds. The molecule has 0 spiro atoms. The van der Waals surface area contributed by atoms with Gasteiger partial charge in [0, 0.05) is 12.8 Å². The zero-order valence-electron chi connectivity index (χ0n) is 14.1. The Morgan fingerprint density at radius 3 is 2.64 bits per heavy atom. The zero-order chi connectivity index (χ0) is 16.1. The van der Waals surface area contributed by atoms with Crippen molar-refractivity contribution in [2.45, 2.75) is 77.9 Å². The first kappa shape index (κ1) is 16.2. The highest BCUT2D eigenvalue weighted by molar-refractivity contribution is 5.91. The number of rotatable bonds is 2. The lowest BCUT2D eigenvalue weighted by Gasteiger charge is -2.50. The van der Waals surface area contributed by atoms with Crippen LogP contribution in [0.5, 0.6) is 0 Å². The third kappa shape index (κ3) is 2.28. The normalized spacial score (nSPS) is 49.0. The van der Waals surface area contributed by atoms with Crippen LogP contribution in [-0.2, 0) is 4.79 Å². The van der Waals surface area contributed by atoms with Crippen LogP contribution in [0.25, 0.3) is 0 Å². The first-order valence-electron chi connectivity index (χ1n) is 8.91. The van der Waals surface area contributed by atoms with E-state index in [4.69, 9.17) is 0 Å². The van der Waals surface area contributed by atoms with Gasteiger partial charge in [0.25, 0.3) is 0 Å². The van der Waals surface area contributed by atoms with Crippen LogP contribution in [0, 0.1) is 22.7 Å². The smallest absolute Gasteiger partial charge is 0.155 e. The van der Waals surface area contributed by atoms with Crippen molar-refractivity contribution in [1.82, 2.24) is 0 Å². The summed E-state index contributed by atoms with van der Waals surface area (Å²) >= 11 is 0. The van der Waals surface area contributed by atoms with Gasteiger partial charge in [-0.05, 0) is 60.8 Å². The fraction of sp³-hybridized carbons (Fsp3) is 0.842. The molecule has 3 heteroatoms. The molecule has 2 saturated carbocycles. The Labute approximate surface area is 133 Å². The van der Waals surface area contributed by atoms with Crippen molar-refractivity contribution in [3.63, 3.8) is 0 Å². The molecule has 0 aromatic carbocycles. The molecule has 3 rings (SSSR count). The van der Waals surface area contributed by atoms with Gasteiger partial charge in [-0.15, -0.1) is 0 Å².